The topological polar surface area (TPSA) is 83.5 Å². The van der Waals surface area contributed by atoms with Gasteiger partial charge < -0.3 is 5.11 Å². The summed E-state index contributed by atoms with van der Waals surface area (Å²) in [5.41, 5.74) is -0.479. The number of sulfonamides is 1. The van der Waals surface area contributed by atoms with Crippen LogP contribution in [0.3, 0.4) is 0 Å². The first-order valence-electron chi connectivity index (χ1n) is 6.13. The average molecular weight is 406 g/mol. The average Bonchev–Trinajstić information content (AvgIpc) is 2.47. The lowest BCUT2D eigenvalue weighted by atomic mass is 10.2. The standard InChI is InChI=1S/C14H10BrF2NO4S/c1-7-2-4-8(5-3-7)23(21,22)18-13-9(14(19)20)6-10(16)12(17)11(13)15/h2-6,18H,1H3,(H,19,20). The van der Waals surface area contributed by atoms with Crippen molar-refractivity contribution in [3.8, 4) is 0 Å². The van der Waals surface area contributed by atoms with Crippen LogP contribution in [-0.4, -0.2) is 19.5 Å². The van der Waals surface area contributed by atoms with Crippen molar-refractivity contribution in [1.29, 1.82) is 0 Å². The van der Waals surface area contributed by atoms with Gasteiger partial charge in [-0.05, 0) is 41.1 Å². The van der Waals surface area contributed by atoms with Crippen molar-refractivity contribution in [2.75, 3.05) is 4.72 Å². The molecule has 2 aromatic carbocycles. The normalized spacial score (nSPS) is 11.3. The van der Waals surface area contributed by atoms with Crippen molar-refractivity contribution in [1.82, 2.24) is 0 Å². The van der Waals surface area contributed by atoms with Crippen LogP contribution in [0.4, 0.5) is 14.5 Å². The third-order valence-electron chi connectivity index (χ3n) is 2.96. The van der Waals surface area contributed by atoms with Gasteiger partial charge in [-0.1, -0.05) is 17.7 Å². The molecule has 2 rings (SSSR count). The summed E-state index contributed by atoms with van der Waals surface area (Å²) in [6, 6.07) is 6.13. The second-order valence-corrected chi connectivity index (χ2v) is 7.11. The molecule has 9 heteroatoms. The molecule has 0 heterocycles. The Labute approximate surface area is 139 Å². The lowest BCUT2D eigenvalue weighted by Gasteiger charge is -2.13. The Morgan fingerprint density at radius 3 is 2.30 bits per heavy atom. The molecule has 0 aromatic heterocycles. The summed E-state index contributed by atoms with van der Waals surface area (Å²) in [7, 11) is -4.17. The number of halogens is 3. The van der Waals surface area contributed by atoms with Crippen molar-refractivity contribution in [3.05, 3.63) is 57.6 Å². The van der Waals surface area contributed by atoms with Crippen LogP contribution < -0.4 is 4.72 Å². The molecule has 5 nitrogen and oxygen atoms in total. The zero-order chi connectivity index (χ0) is 17.4. The SMILES string of the molecule is Cc1ccc(S(=O)(=O)Nc2c(C(=O)O)cc(F)c(F)c2Br)cc1. The summed E-state index contributed by atoms with van der Waals surface area (Å²) in [5.74, 6) is -4.41. The number of nitrogens with one attached hydrogen (secondary N) is 1. The molecular formula is C14H10BrF2NO4S. The fourth-order valence-corrected chi connectivity index (χ4v) is 3.50. The van der Waals surface area contributed by atoms with Crippen LogP contribution in [0.1, 0.15) is 15.9 Å². The number of carboxylic acids is 1. The summed E-state index contributed by atoms with van der Waals surface area (Å²) >= 11 is 2.68. The molecule has 0 radical (unpaired) electrons. The minimum atomic E-state index is -4.17. The molecule has 2 aromatic rings. The van der Waals surface area contributed by atoms with Crippen LogP contribution in [-0.2, 0) is 10.0 Å². The van der Waals surface area contributed by atoms with Crippen molar-refractivity contribution in [3.63, 3.8) is 0 Å². The van der Waals surface area contributed by atoms with Crippen LogP contribution >= 0.6 is 15.9 Å². The zero-order valence-electron chi connectivity index (χ0n) is 11.6. The minimum Gasteiger partial charge on any atom is -0.478 e. The van der Waals surface area contributed by atoms with E-state index in [-0.39, 0.29) is 4.90 Å². The molecule has 0 atom stereocenters. The summed E-state index contributed by atoms with van der Waals surface area (Å²) in [5, 5.41) is 9.06. The van der Waals surface area contributed by atoms with Gasteiger partial charge in [0.25, 0.3) is 10.0 Å². The van der Waals surface area contributed by atoms with Crippen LogP contribution in [0.15, 0.2) is 39.7 Å². The van der Waals surface area contributed by atoms with Gasteiger partial charge in [0.15, 0.2) is 11.6 Å². The maximum Gasteiger partial charge on any atom is 0.337 e. The Morgan fingerprint density at radius 1 is 1.22 bits per heavy atom. The maximum absolute atomic E-state index is 13.6. The molecule has 0 aliphatic rings. The molecule has 122 valence electrons. The fourth-order valence-electron chi connectivity index (χ4n) is 1.77. The van der Waals surface area contributed by atoms with E-state index in [4.69, 9.17) is 5.11 Å². The highest BCUT2D eigenvalue weighted by molar-refractivity contribution is 9.10. The number of rotatable bonds is 4. The quantitative estimate of drug-likeness (QED) is 0.762. The first-order valence-corrected chi connectivity index (χ1v) is 8.41. The lowest BCUT2D eigenvalue weighted by molar-refractivity contribution is 0.0697. The molecule has 0 saturated heterocycles. The molecule has 2 N–H and O–H groups in total. The second kappa shape index (κ2) is 6.25. The Balaban J connectivity index is 2.57. The molecule has 0 aliphatic heterocycles. The Morgan fingerprint density at radius 2 is 1.78 bits per heavy atom. The number of aryl methyl sites for hydroxylation is 1. The highest BCUT2D eigenvalue weighted by Crippen LogP contribution is 2.33. The van der Waals surface area contributed by atoms with E-state index in [1.165, 1.54) is 12.1 Å². The zero-order valence-corrected chi connectivity index (χ0v) is 14.0. The molecule has 0 bridgehead atoms. The number of hydrogen-bond acceptors (Lipinski definition) is 3. The molecule has 0 fully saturated rings. The van der Waals surface area contributed by atoms with Crippen LogP contribution in [0.25, 0.3) is 0 Å². The van der Waals surface area contributed by atoms with Gasteiger partial charge in [0, 0.05) is 0 Å². The first kappa shape index (κ1) is 17.4. The number of benzene rings is 2. The fraction of sp³-hybridized carbons (Fsp3) is 0.0714. The Bertz CT molecular complexity index is 883. The molecule has 0 unspecified atom stereocenters. The van der Waals surface area contributed by atoms with Crippen molar-refractivity contribution < 1.29 is 27.1 Å². The van der Waals surface area contributed by atoms with Gasteiger partial charge in [0.1, 0.15) is 0 Å². The van der Waals surface area contributed by atoms with Crippen molar-refractivity contribution >= 4 is 37.6 Å². The number of hydrogen-bond donors (Lipinski definition) is 2. The van der Waals surface area contributed by atoms with Gasteiger partial charge in [-0.2, -0.15) is 0 Å². The first-order chi connectivity index (χ1) is 10.6. The summed E-state index contributed by atoms with van der Waals surface area (Å²) in [6.45, 7) is 1.76. The van der Waals surface area contributed by atoms with Gasteiger partial charge >= 0.3 is 5.97 Å². The minimum absolute atomic E-state index is 0.143. The third-order valence-corrected chi connectivity index (χ3v) is 5.07. The van der Waals surface area contributed by atoms with E-state index in [1.807, 2.05) is 4.72 Å². The third kappa shape index (κ3) is 3.50. The highest BCUT2D eigenvalue weighted by Gasteiger charge is 2.25. The van der Waals surface area contributed by atoms with Crippen molar-refractivity contribution in [2.45, 2.75) is 11.8 Å². The van der Waals surface area contributed by atoms with Crippen LogP contribution in [0.5, 0.6) is 0 Å². The highest BCUT2D eigenvalue weighted by atomic mass is 79.9. The molecule has 0 aliphatic carbocycles. The molecule has 0 spiro atoms. The van der Waals surface area contributed by atoms with E-state index in [9.17, 15) is 22.0 Å². The molecule has 0 amide bonds. The molecule has 0 saturated carbocycles. The number of carboxylic acid groups (broad SMARTS) is 1. The maximum atomic E-state index is 13.6. The van der Waals surface area contributed by atoms with E-state index in [1.54, 1.807) is 19.1 Å². The van der Waals surface area contributed by atoms with Gasteiger partial charge in [-0.3, -0.25) is 4.72 Å². The Kier molecular flexibility index (Phi) is 4.71. The molecule has 23 heavy (non-hydrogen) atoms. The van der Waals surface area contributed by atoms with E-state index >= 15 is 0 Å². The predicted molar refractivity (Wildman–Crippen MR) is 83.0 cm³/mol. The molecular weight excluding hydrogens is 396 g/mol. The van der Waals surface area contributed by atoms with Crippen LogP contribution in [0, 0.1) is 18.6 Å². The van der Waals surface area contributed by atoms with E-state index < -0.39 is 43.4 Å². The number of carbonyl (C=O) groups is 1. The second-order valence-electron chi connectivity index (χ2n) is 4.63. The predicted octanol–water partition coefficient (Wildman–Crippen LogP) is 3.53. The van der Waals surface area contributed by atoms with Crippen molar-refractivity contribution in [2.24, 2.45) is 0 Å². The van der Waals surface area contributed by atoms with Gasteiger partial charge in [0.2, 0.25) is 0 Å². The van der Waals surface area contributed by atoms with Gasteiger partial charge in [-0.25, -0.2) is 22.0 Å². The largest absolute Gasteiger partial charge is 0.478 e. The number of aromatic carboxylic acids is 1. The lowest BCUT2D eigenvalue weighted by Crippen LogP contribution is -2.17. The Hall–Kier alpha value is -2.00. The van der Waals surface area contributed by atoms with Gasteiger partial charge in [0.05, 0.1) is 20.6 Å². The monoisotopic (exact) mass is 405 g/mol. The van der Waals surface area contributed by atoms with E-state index in [0.717, 1.165) is 5.56 Å². The van der Waals surface area contributed by atoms with Gasteiger partial charge in [-0.15, -0.1) is 0 Å². The number of anilines is 1. The van der Waals surface area contributed by atoms with E-state index in [0.29, 0.717) is 6.07 Å². The summed E-state index contributed by atoms with van der Waals surface area (Å²) in [4.78, 5) is 11.0. The smallest absolute Gasteiger partial charge is 0.337 e. The van der Waals surface area contributed by atoms with Crippen LogP contribution in [0.2, 0.25) is 0 Å². The summed E-state index contributed by atoms with van der Waals surface area (Å²) in [6.07, 6.45) is 0. The summed E-state index contributed by atoms with van der Waals surface area (Å²) < 4.78 is 52.9. The van der Waals surface area contributed by atoms with E-state index in [2.05, 4.69) is 15.9 Å².